The molecule has 0 radical (unpaired) electrons. The summed E-state index contributed by atoms with van der Waals surface area (Å²) in [5.41, 5.74) is 0.449. The Morgan fingerprint density at radius 1 is 1.25 bits per heavy atom. The summed E-state index contributed by atoms with van der Waals surface area (Å²) >= 11 is 1.53. The Morgan fingerprint density at radius 3 is 2.45 bits per heavy atom. The Balaban J connectivity index is 2.29. The molecule has 1 aromatic carbocycles. The normalized spacial score (nSPS) is 11.4. The van der Waals surface area contributed by atoms with Crippen molar-refractivity contribution < 1.29 is 8.42 Å². The summed E-state index contributed by atoms with van der Waals surface area (Å²) in [7, 11) is -3.52. The van der Waals surface area contributed by atoms with Crippen molar-refractivity contribution in [3.05, 3.63) is 52.2 Å². The van der Waals surface area contributed by atoms with Gasteiger partial charge in [0.1, 0.15) is 0 Å². The first-order valence-corrected chi connectivity index (χ1v) is 8.42. The third kappa shape index (κ3) is 3.07. The predicted octanol–water partition coefficient (Wildman–Crippen LogP) is 2.83. The molecule has 0 aliphatic carbocycles. The van der Waals surface area contributed by atoms with Gasteiger partial charge in [-0.1, -0.05) is 13.0 Å². The Bertz CT molecular complexity index is 699. The second-order valence-electron chi connectivity index (χ2n) is 4.15. The molecule has 2 rings (SSSR count). The summed E-state index contributed by atoms with van der Waals surface area (Å²) in [5, 5.41) is 10.7. The van der Waals surface area contributed by atoms with E-state index >= 15 is 0 Å². The molecule has 0 unspecified atom stereocenters. The third-order valence-corrected chi connectivity index (χ3v) is 5.68. The Kier molecular flexibility index (Phi) is 4.55. The first kappa shape index (κ1) is 14.7. The van der Waals surface area contributed by atoms with Gasteiger partial charge in [0.2, 0.25) is 10.0 Å². The molecule has 0 atom stereocenters. The molecular formula is C14H14N2O2S2. The number of rotatable bonds is 5. The molecule has 0 aliphatic heterocycles. The van der Waals surface area contributed by atoms with E-state index in [2.05, 4.69) is 0 Å². The van der Waals surface area contributed by atoms with Crippen LogP contribution in [0, 0.1) is 11.3 Å². The molecule has 1 heterocycles. The smallest absolute Gasteiger partial charge is 0.207 e. The maximum absolute atomic E-state index is 12.5. The van der Waals surface area contributed by atoms with Crippen LogP contribution in [0.5, 0.6) is 0 Å². The van der Waals surface area contributed by atoms with Gasteiger partial charge in [0.05, 0.1) is 16.5 Å². The van der Waals surface area contributed by atoms with Crippen molar-refractivity contribution in [3.63, 3.8) is 0 Å². The van der Waals surface area contributed by atoms with Gasteiger partial charge in [-0.15, -0.1) is 11.3 Å². The van der Waals surface area contributed by atoms with Crippen molar-refractivity contribution in [2.75, 3.05) is 6.54 Å². The van der Waals surface area contributed by atoms with Gasteiger partial charge in [0.15, 0.2) is 0 Å². The van der Waals surface area contributed by atoms with Gasteiger partial charge in [0.25, 0.3) is 0 Å². The lowest BCUT2D eigenvalue weighted by Crippen LogP contribution is -2.30. The fourth-order valence-electron chi connectivity index (χ4n) is 1.79. The van der Waals surface area contributed by atoms with Gasteiger partial charge in [-0.3, -0.25) is 0 Å². The highest BCUT2D eigenvalue weighted by atomic mass is 32.2. The second-order valence-corrected chi connectivity index (χ2v) is 7.12. The van der Waals surface area contributed by atoms with Crippen LogP contribution in [0.25, 0.3) is 0 Å². The fraction of sp³-hybridized carbons (Fsp3) is 0.214. The molecule has 20 heavy (non-hydrogen) atoms. The van der Waals surface area contributed by atoms with Crippen LogP contribution in [-0.2, 0) is 16.6 Å². The van der Waals surface area contributed by atoms with E-state index in [-0.39, 0.29) is 4.90 Å². The van der Waals surface area contributed by atoms with E-state index in [0.717, 1.165) is 4.88 Å². The zero-order chi connectivity index (χ0) is 14.6. The maximum atomic E-state index is 12.5. The number of nitrogens with zero attached hydrogens (tertiary/aromatic N) is 2. The fourth-order valence-corrected chi connectivity index (χ4v) is 4.02. The Hall–Kier alpha value is -1.68. The topological polar surface area (TPSA) is 61.2 Å². The lowest BCUT2D eigenvalue weighted by Gasteiger charge is -2.19. The number of benzene rings is 1. The average Bonchev–Trinajstić information content (AvgIpc) is 2.97. The van der Waals surface area contributed by atoms with E-state index in [0.29, 0.717) is 18.7 Å². The Morgan fingerprint density at radius 2 is 1.95 bits per heavy atom. The minimum absolute atomic E-state index is 0.218. The van der Waals surface area contributed by atoms with Crippen molar-refractivity contribution in [1.82, 2.24) is 4.31 Å². The second kappa shape index (κ2) is 6.18. The molecule has 0 spiro atoms. The summed E-state index contributed by atoms with van der Waals surface area (Å²) in [6.45, 7) is 2.59. The van der Waals surface area contributed by atoms with E-state index in [1.807, 2.05) is 30.5 Å². The molecule has 0 saturated carbocycles. The highest BCUT2D eigenvalue weighted by Gasteiger charge is 2.23. The van der Waals surface area contributed by atoms with Crippen LogP contribution in [-0.4, -0.2) is 19.3 Å². The summed E-state index contributed by atoms with van der Waals surface area (Å²) in [5.74, 6) is 0. The van der Waals surface area contributed by atoms with Crippen molar-refractivity contribution in [2.24, 2.45) is 0 Å². The minimum atomic E-state index is -3.52. The molecule has 0 bridgehead atoms. The van der Waals surface area contributed by atoms with Crippen LogP contribution in [0.3, 0.4) is 0 Å². The van der Waals surface area contributed by atoms with Gasteiger partial charge in [0, 0.05) is 18.0 Å². The number of nitriles is 1. The van der Waals surface area contributed by atoms with Gasteiger partial charge >= 0.3 is 0 Å². The van der Waals surface area contributed by atoms with Crippen LogP contribution in [0.2, 0.25) is 0 Å². The largest absolute Gasteiger partial charge is 0.243 e. The molecule has 0 amide bonds. The van der Waals surface area contributed by atoms with Gasteiger partial charge in [-0.2, -0.15) is 9.57 Å². The highest BCUT2D eigenvalue weighted by Crippen LogP contribution is 2.20. The molecule has 0 fully saturated rings. The van der Waals surface area contributed by atoms with Crippen molar-refractivity contribution in [1.29, 1.82) is 5.26 Å². The molecule has 1 aromatic heterocycles. The summed E-state index contributed by atoms with van der Waals surface area (Å²) in [6.07, 6.45) is 0. The SMILES string of the molecule is CCN(Cc1cccs1)S(=O)(=O)c1ccc(C#N)cc1. The van der Waals surface area contributed by atoms with E-state index in [1.165, 1.54) is 39.9 Å². The van der Waals surface area contributed by atoms with E-state index in [4.69, 9.17) is 5.26 Å². The molecule has 0 N–H and O–H groups in total. The zero-order valence-electron chi connectivity index (χ0n) is 11.0. The number of sulfonamides is 1. The average molecular weight is 306 g/mol. The van der Waals surface area contributed by atoms with Crippen LogP contribution >= 0.6 is 11.3 Å². The molecule has 6 heteroatoms. The lowest BCUT2D eigenvalue weighted by molar-refractivity contribution is 0.426. The lowest BCUT2D eigenvalue weighted by atomic mass is 10.2. The quantitative estimate of drug-likeness (QED) is 0.853. The molecule has 4 nitrogen and oxygen atoms in total. The summed E-state index contributed by atoms with van der Waals surface area (Å²) in [6, 6.07) is 11.8. The van der Waals surface area contributed by atoms with Gasteiger partial charge in [-0.05, 0) is 35.7 Å². The van der Waals surface area contributed by atoms with Crippen LogP contribution < -0.4 is 0 Å². The Labute approximate surface area is 123 Å². The third-order valence-electron chi connectivity index (χ3n) is 2.89. The number of thiophene rings is 1. The maximum Gasteiger partial charge on any atom is 0.243 e. The van der Waals surface area contributed by atoms with E-state index in [1.54, 1.807) is 0 Å². The summed E-state index contributed by atoms with van der Waals surface area (Å²) in [4.78, 5) is 1.22. The van der Waals surface area contributed by atoms with E-state index < -0.39 is 10.0 Å². The van der Waals surface area contributed by atoms with E-state index in [9.17, 15) is 8.42 Å². The van der Waals surface area contributed by atoms with Crippen LogP contribution in [0.1, 0.15) is 17.4 Å². The molecule has 0 aliphatic rings. The first-order chi connectivity index (χ1) is 9.57. The van der Waals surface area contributed by atoms with Gasteiger partial charge < -0.3 is 0 Å². The minimum Gasteiger partial charge on any atom is -0.207 e. The molecule has 0 saturated heterocycles. The monoisotopic (exact) mass is 306 g/mol. The summed E-state index contributed by atoms with van der Waals surface area (Å²) < 4.78 is 26.5. The standard InChI is InChI=1S/C14H14N2O2S2/c1-2-16(11-13-4-3-9-19-13)20(17,18)14-7-5-12(10-15)6-8-14/h3-9H,2,11H2,1H3. The predicted molar refractivity (Wildman–Crippen MR) is 78.7 cm³/mol. The van der Waals surface area contributed by atoms with Crippen molar-refractivity contribution in [3.8, 4) is 6.07 Å². The number of hydrogen-bond acceptors (Lipinski definition) is 4. The van der Waals surface area contributed by atoms with Crippen molar-refractivity contribution >= 4 is 21.4 Å². The molecule has 104 valence electrons. The van der Waals surface area contributed by atoms with Crippen LogP contribution in [0.4, 0.5) is 0 Å². The molecule has 2 aromatic rings. The van der Waals surface area contributed by atoms with Gasteiger partial charge in [-0.25, -0.2) is 8.42 Å². The highest BCUT2D eigenvalue weighted by molar-refractivity contribution is 7.89. The van der Waals surface area contributed by atoms with Crippen LogP contribution in [0.15, 0.2) is 46.7 Å². The van der Waals surface area contributed by atoms with Crippen molar-refractivity contribution in [2.45, 2.75) is 18.4 Å². The zero-order valence-corrected chi connectivity index (χ0v) is 12.6. The first-order valence-electron chi connectivity index (χ1n) is 6.10. The number of hydrogen-bond donors (Lipinski definition) is 0. The molecular weight excluding hydrogens is 292 g/mol.